The number of thiophene rings is 1. The SMILES string of the molecule is COCc1nc(OC)c2c(C)c(C(=O)Nc3cc(C)c(C)c(C(=O)OC)c3)sc2n1. The zero-order valence-corrected chi connectivity index (χ0v) is 18.5. The van der Waals surface area contributed by atoms with Crippen LogP contribution in [0.3, 0.4) is 0 Å². The first kappa shape index (κ1) is 21.7. The van der Waals surface area contributed by atoms with Gasteiger partial charge in [-0.05, 0) is 49.6 Å². The fourth-order valence-electron chi connectivity index (χ4n) is 3.14. The van der Waals surface area contributed by atoms with Crippen molar-refractivity contribution in [2.24, 2.45) is 0 Å². The van der Waals surface area contributed by atoms with E-state index in [1.54, 1.807) is 13.2 Å². The number of hydrogen-bond donors (Lipinski definition) is 1. The molecular weight excluding hydrogens is 406 g/mol. The summed E-state index contributed by atoms with van der Waals surface area (Å²) in [6.07, 6.45) is 0. The van der Waals surface area contributed by atoms with Crippen LogP contribution in [0.25, 0.3) is 10.2 Å². The van der Waals surface area contributed by atoms with Gasteiger partial charge in [-0.15, -0.1) is 11.3 Å². The molecule has 0 aliphatic heterocycles. The number of ether oxygens (including phenoxy) is 3. The predicted molar refractivity (Wildman–Crippen MR) is 115 cm³/mol. The highest BCUT2D eigenvalue weighted by atomic mass is 32.1. The maximum absolute atomic E-state index is 13.0. The first-order chi connectivity index (χ1) is 14.3. The zero-order valence-electron chi connectivity index (χ0n) is 17.7. The second-order valence-corrected chi connectivity index (χ2v) is 7.73. The number of anilines is 1. The van der Waals surface area contributed by atoms with E-state index in [0.717, 1.165) is 16.7 Å². The van der Waals surface area contributed by atoms with Gasteiger partial charge >= 0.3 is 5.97 Å². The molecule has 30 heavy (non-hydrogen) atoms. The number of aryl methyl sites for hydroxylation is 2. The first-order valence-corrected chi connectivity index (χ1v) is 9.96. The Morgan fingerprint density at radius 3 is 2.43 bits per heavy atom. The third kappa shape index (κ3) is 3.99. The van der Waals surface area contributed by atoms with E-state index in [-0.39, 0.29) is 12.5 Å². The van der Waals surface area contributed by atoms with Gasteiger partial charge in [-0.3, -0.25) is 4.79 Å². The molecule has 0 saturated heterocycles. The summed E-state index contributed by atoms with van der Waals surface area (Å²) in [6, 6.07) is 3.44. The maximum Gasteiger partial charge on any atom is 0.338 e. The molecule has 0 saturated carbocycles. The van der Waals surface area contributed by atoms with E-state index in [1.807, 2.05) is 26.8 Å². The molecule has 1 amide bonds. The van der Waals surface area contributed by atoms with E-state index in [4.69, 9.17) is 14.2 Å². The molecule has 2 heterocycles. The number of benzene rings is 1. The average molecular weight is 429 g/mol. The number of hydrogen-bond acceptors (Lipinski definition) is 8. The summed E-state index contributed by atoms with van der Waals surface area (Å²) in [7, 11) is 4.42. The predicted octanol–water partition coefficient (Wildman–Crippen LogP) is 3.81. The van der Waals surface area contributed by atoms with E-state index < -0.39 is 5.97 Å². The number of amides is 1. The van der Waals surface area contributed by atoms with Crippen molar-refractivity contribution < 1.29 is 23.8 Å². The van der Waals surface area contributed by atoms with Gasteiger partial charge in [0, 0.05) is 12.8 Å². The molecule has 1 N–H and O–H groups in total. The molecule has 0 atom stereocenters. The smallest absolute Gasteiger partial charge is 0.338 e. The van der Waals surface area contributed by atoms with Gasteiger partial charge in [0.1, 0.15) is 11.4 Å². The highest BCUT2D eigenvalue weighted by Crippen LogP contribution is 2.35. The number of methoxy groups -OCH3 is 3. The highest BCUT2D eigenvalue weighted by Gasteiger charge is 2.22. The van der Waals surface area contributed by atoms with Crippen LogP contribution in [-0.2, 0) is 16.1 Å². The normalized spacial score (nSPS) is 10.9. The summed E-state index contributed by atoms with van der Waals surface area (Å²) in [6.45, 7) is 5.78. The molecule has 9 heteroatoms. The van der Waals surface area contributed by atoms with Gasteiger partial charge in [0.25, 0.3) is 5.91 Å². The number of aromatic nitrogens is 2. The fourth-order valence-corrected chi connectivity index (χ4v) is 4.23. The van der Waals surface area contributed by atoms with Crippen molar-refractivity contribution in [3.63, 3.8) is 0 Å². The number of carbonyl (C=O) groups excluding carboxylic acids is 2. The molecule has 0 unspecified atom stereocenters. The molecule has 0 spiro atoms. The highest BCUT2D eigenvalue weighted by molar-refractivity contribution is 7.20. The van der Waals surface area contributed by atoms with E-state index in [9.17, 15) is 9.59 Å². The number of esters is 1. The molecule has 1 aromatic carbocycles. The monoisotopic (exact) mass is 429 g/mol. The van der Waals surface area contributed by atoms with Crippen molar-refractivity contribution in [2.45, 2.75) is 27.4 Å². The second-order valence-electron chi connectivity index (χ2n) is 6.73. The van der Waals surface area contributed by atoms with Crippen molar-refractivity contribution >= 4 is 39.1 Å². The average Bonchev–Trinajstić information content (AvgIpc) is 3.06. The van der Waals surface area contributed by atoms with Crippen LogP contribution < -0.4 is 10.1 Å². The van der Waals surface area contributed by atoms with Crippen LogP contribution >= 0.6 is 11.3 Å². The largest absolute Gasteiger partial charge is 0.480 e. The van der Waals surface area contributed by atoms with Gasteiger partial charge in [0.15, 0.2) is 5.82 Å². The summed E-state index contributed by atoms with van der Waals surface area (Å²) < 4.78 is 15.4. The number of fused-ring (bicyclic) bond motifs is 1. The summed E-state index contributed by atoms with van der Waals surface area (Å²) in [4.78, 5) is 35.1. The van der Waals surface area contributed by atoms with Gasteiger partial charge in [0.2, 0.25) is 5.88 Å². The van der Waals surface area contributed by atoms with Crippen molar-refractivity contribution in [1.82, 2.24) is 9.97 Å². The van der Waals surface area contributed by atoms with Crippen LogP contribution in [0, 0.1) is 20.8 Å². The Labute approximate surface area is 178 Å². The van der Waals surface area contributed by atoms with E-state index in [1.165, 1.54) is 25.6 Å². The number of rotatable bonds is 6. The van der Waals surface area contributed by atoms with Crippen LogP contribution in [0.2, 0.25) is 0 Å². The lowest BCUT2D eigenvalue weighted by Gasteiger charge is -2.11. The minimum Gasteiger partial charge on any atom is -0.480 e. The molecule has 0 radical (unpaired) electrons. The number of nitrogens with one attached hydrogen (secondary N) is 1. The molecule has 0 fully saturated rings. The summed E-state index contributed by atoms with van der Waals surface area (Å²) >= 11 is 1.25. The van der Waals surface area contributed by atoms with Gasteiger partial charge in [0.05, 0.1) is 30.0 Å². The lowest BCUT2D eigenvalue weighted by atomic mass is 10.0. The molecular formula is C21H23N3O5S. The lowest BCUT2D eigenvalue weighted by molar-refractivity contribution is 0.0599. The van der Waals surface area contributed by atoms with Crippen LogP contribution in [0.4, 0.5) is 5.69 Å². The quantitative estimate of drug-likeness (QED) is 0.595. The molecule has 8 nitrogen and oxygen atoms in total. The Hall–Kier alpha value is -3.04. The zero-order chi connectivity index (χ0) is 22.0. The molecule has 0 aliphatic carbocycles. The van der Waals surface area contributed by atoms with Crippen LogP contribution in [0.5, 0.6) is 5.88 Å². The molecule has 158 valence electrons. The minimum absolute atomic E-state index is 0.240. The Kier molecular flexibility index (Phi) is 6.33. The number of carbonyl (C=O) groups is 2. The van der Waals surface area contributed by atoms with Gasteiger partial charge in [-0.1, -0.05) is 0 Å². The molecule has 3 rings (SSSR count). The van der Waals surface area contributed by atoms with Gasteiger partial charge in [-0.25, -0.2) is 9.78 Å². The summed E-state index contributed by atoms with van der Waals surface area (Å²) in [5, 5.41) is 3.57. The Bertz CT molecular complexity index is 1140. The fraction of sp³-hybridized carbons (Fsp3) is 0.333. The standard InChI is InChI=1S/C21H23N3O5S/c1-10-7-13(8-14(11(10)2)21(26)29-6)22-18(25)17-12(3)16-19(28-5)23-15(9-27-4)24-20(16)30-17/h7-8H,9H2,1-6H3,(H,22,25). The molecule has 0 bridgehead atoms. The summed E-state index contributed by atoms with van der Waals surface area (Å²) in [5.41, 5.74) is 3.34. The van der Waals surface area contributed by atoms with Crippen molar-refractivity contribution in [3.8, 4) is 5.88 Å². The van der Waals surface area contributed by atoms with Crippen molar-refractivity contribution in [2.75, 3.05) is 26.6 Å². The Morgan fingerprint density at radius 1 is 1.07 bits per heavy atom. The van der Waals surface area contributed by atoms with E-state index in [2.05, 4.69) is 15.3 Å². The first-order valence-electron chi connectivity index (χ1n) is 9.14. The molecule has 3 aromatic rings. The molecule has 2 aromatic heterocycles. The third-order valence-corrected chi connectivity index (χ3v) is 5.99. The van der Waals surface area contributed by atoms with Crippen LogP contribution in [-0.4, -0.2) is 43.2 Å². The van der Waals surface area contributed by atoms with E-state index in [0.29, 0.717) is 38.0 Å². The number of nitrogens with zero attached hydrogens (tertiary/aromatic N) is 2. The van der Waals surface area contributed by atoms with Gasteiger partial charge in [-0.2, -0.15) is 4.98 Å². The van der Waals surface area contributed by atoms with Gasteiger partial charge < -0.3 is 19.5 Å². The van der Waals surface area contributed by atoms with E-state index >= 15 is 0 Å². The Balaban J connectivity index is 2.01. The van der Waals surface area contributed by atoms with Crippen molar-refractivity contribution in [3.05, 3.63) is 45.1 Å². The summed E-state index contributed by atoms with van der Waals surface area (Å²) in [5.74, 6) is 0.131. The third-order valence-electron chi connectivity index (χ3n) is 4.81. The maximum atomic E-state index is 13.0. The minimum atomic E-state index is -0.449. The second kappa shape index (κ2) is 8.76. The van der Waals surface area contributed by atoms with Crippen LogP contribution in [0.15, 0.2) is 12.1 Å². The topological polar surface area (TPSA) is 99.6 Å². The Morgan fingerprint density at radius 2 is 1.80 bits per heavy atom. The lowest BCUT2D eigenvalue weighted by Crippen LogP contribution is -2.13. The van der Waals surface area contributed by atoms with Crippen LogP contribution in [0.1, 0.15) is 42.5 Å². The molecule has 0 aliphatic rings. The van der Waals surface area contributed by atoms with Crippen molar-refractivity contribution in [1.29, 1.82) is 0 Å².